The average Bonchev–Trinajstić information content (AvgIpc) is 2.94. The molecule has 1 fully saturated rings. The van der Waals surface area contributed by atoms with E-state index in [0.717, 1.165) is 37.1 Å². The molecule has 2 aromatic heterocycles. The zero-order valence-corrected chi connectivity index (χ0v) is 11.6. The van der Waals surface area contributed by atoms with Gasteiger partial charge in [0.1, 0.15) is 5.52 Å². The molecule has 2 aromatic rings. The summed E-state index contributed by atoms with van der Waals surface area (Å²) in [6.07, 6.45) is 5.68. The van der Waals surface area contributed by atoms with E-state index in [2.05, 4.69) is 30.6 Å². The second-order valence-electron chi connectivity index (χ2n) is 5.24. The van der Waals surface area contributed by atoms with Crippen molar-refractivity contribution in [1.82, 2.24) is 19.9 Å². The quantitative estimate of drug-likeness (QED) is 0.673. The van der Waals surface area contributed by atoms with Crippen molar-refractivity contribution in [3.63, 3.8) is 0 Å². The summed E-state index contributed by atoms with van der Waals surface area (Å²) in [7, 11) is 1.78. The Bertz CT molecular complexity index is 583. The Hall–Kier alpha value is -1.89. The molecule has 3 rings (SSSR count). The summed E-state index contributed by atoms with van der Waals surface area (Å²) >= 11 is 0. The highest BCUT2D eigenvalue weighted by atomic mass is 16.3. The van der Waals surface area contributed by atoms with Crippen molar-refractivity contribution in [2.24, 2.45) is 5.92 Å². The number of hydrogen-bond acceptors (Lipinski definition) is 6. The van der Waals surface area contributed by atoms with E-state index in [1.54, 1.807) is 13.4 Å². The van der Waals surface area contributed by atoms with Gasteiger partial charge < -0.3 is 20.7 Å². The smallest absolute Gasteiger partial charge is 0.226 e. The van der Waals surface area contributed by atoms with Crippen LogP contribution in [0.5, 0.6) is 0 Å². The zero-order chi connectivity index (χ0) is 13.9. The molecule has 108 valence electrons. The molecular formula is C13H20N6O. The molecule has 2 unspecified atom stereocenters. The molecule has 4 N–H and O–H groups in total. The second kappa shape index (κ2) is 5.62. The number of imidazole rings is 1. The minimum absolute atomic E-state index is 0.209. The maximum atomic E-state index is 10.0. The number of anilines is 2. The molecule has 0 spiro atoms. The molecule has 1 aliphatic carbocycles. The number of H-pyrrole nitrogens is 1. The summed E-state index contributed by atoms with van der Waals surface area (Å²) in [6.45, 7) is 0.718. The number of aliphatic hydroxyl groups excluding tert-OH is 1. The summed E-state index contributed by atoms with van der Waals surface area (Å²) < 4.78 is 0. The van der Waals surface area contributed by atoms with Crippen LogP contribution < -0.4 is 10.6 Å². The fraction of sp³-hybridized carbons (Fsp3) is 0.615. The summed E-state index contributed by atoms with van der Waals surface area (Å²) in [5, 5.41) is 16.3. The fourth-order valence-corrected chi connectivity index (χ4v) is 2.73. The first-order chi connectivity index (χ1) is 9.78. The Labute approximate surface area is 117 Å². The zero-order valence-electron chi connectivity index (χ0n) is 11.6. The van der Waals surface area contributed by atoms with Gasteiger partial charge in [0, 0.05) is 19.5 Å². The predicted molar refractivity (Wildman–Crippen MR) is 77.7 cm³/mol. The third-order valence-corrected chi connectivity index (χ3v) is 3.91. The molecule has 2 heterocycles. The van der Waals surface area contributed by atoms with Crippen LogP contribution in [0.15, 0.2) is 6.33 Å². The molecule has 0 amide bonds. The lowest BCUT2D eigenvalue weighted by Crippen LogP contribution is -2.30. The summed E-state index contributed by atoms with van der Waals surface area (Å²) in [6, 6.07) is 0. The van der Waals surface area contributed by atoms with Crippen molar-refractivity contribution in [2.75, 3.05) is 24.2 Å². The lowest BCUT2D eigenvalue weighted by atomic mass is 9.86. The standard InChI is InChI=1S/C13H20N6O/c1-14-13-18-11(10-12(19-13)17-7-16-10)15-6-8-4-2-3-5-9(8)20/h7-9,20H,2-6H2,1H3,(H3,14,15,16,17,18,19). The van der Waals surface area contributed by atoms with E-state index in [4.69, 9.17) is 0 Å². The van der Waals surface area contributed by atoms with E-state index >= 15 is 0 Å². The SMILES string of the molecule is CNc1nc(NCC2CCCCC2O)c2[nH]cnc2n1. The molecule has 20 heavy (non-hydrogen) atoms. The Morgan fingerprint density at radius 2 is 2.20 bits per heavy atom. The Morgan fingerprint density at radius 1 is 1.35 bits per heavy atom. The maximum Gasteiger partial charge on any atom is 0.226 e. The van der Waals surface area contributed by atoms with E-state index in [1.807, 2.05) is 0 Å². The largest absolute Gasteiger partial charge is 0.393 e. The highest BCUT2D eigenvalue weighted by Gasteiger charge is 2.23. The molecule has 2 atom stereocenters. The number of hydrogen-bond donors (Lipinski definition) is 4. The summed E-state index contributed by atoms with van der Waals surface area (Å²) in [4.78, 5) is 15.9. The van der Waals surface area contributed by atoms with Gasteiger partial charge in [-0.3, -0.25) is 0 Å². The minimum atomic E-state index is -0.209. The van der Waals surface area contributed by atoms with Crippen LogP contribution in [0.3, 0.4) is 0 Å². The number of aliphatic hydroxyl groups is 1. The van der Waals surface area contributed by atoms with Gasteiger partial charge in [0.05, 0.1) is 12.4 Å². The first-order valence-corrected chi connectivity index (χ1v) is 7.08. The number of nitrogens with one attached hydrogen (secondary N) is 3. The first kappa shape index (κ1) is 13.1. The van der Waals surface area contributed by atoms with Crippen molar-refractivity contribution in [3.05, 3.63) is 6.33 Å². The van der Waals surface area contributed by atoms with Crippen LogP contribution in [0.2, 0.25) is 0 Å². The number of aromatic nitrogens is 4. The Morgan fingerprint density at radius 3 is 3.00 bits per heavy atom. The van der Waals surface area contributed by atoms with Crippen LogP contribution in [-0.4, -0.2) is 44.7 Å². The van der Waals surface area contributed by atoms with Crippen LogP contribution in [0.25, 0.3) is 11.2 Å². The van der Waals surface area contributed by atoms with Crippen LogP contribution in [0.4, 0.5) is 11.8 Å². The van der Waals surface area contributed by atoms with Gasteiger partial charge in [0.25, 0.3) is 0 Å². The van der Waals surface area contributed by atoms with Gasteiger partial charge in [-0.05, 0) is 12.8 Å². The van der Waals surface area contributed by atoms with Gasteiger partial charge in [-0.15, -0.1) is 0 Å². The Balaban J connectivity index is 1.77. The predicted octanol–water partition coefficient (Wildman–Crippen LogP) is 1.36. The van der Waals surface area contributed by atoms with Gasteiger partial charge in [-0.25, -0.2) is 4.98 Å². The van der Waals surface area contributed by atoms with Crippen molar-refractivity contribution in [3.8, 4) is 0 Å². The Kier molecular flexibility index (Phi) is 3.68. The molecule has 0 saturated heterocycles. The van der Waals surface area contributed by atoms with Crippen molar-refractivity contribution in [1.29, 1.82) is 0 Å². The molecular weight excluding hydrogens is 256 g/mol. The van der Waals surface area contributed by atoms with Gasteiger partial charge in [0.2, 0.25) is 5.95 Å². The van der Waals surface area contributed by atoms with Gasteiger partial charge in [-0.2, -0.15) is 9.97 Å². The van der Waals surface area contributed by atoms with E-state index in [-0.39, 0.29) is 12.0 Å². The molecule has 0 aromatic carbocycles. The van der Waals surface area contributed by atoms with Gasteiger partial charge in [0.15, 0.2) is 11.5 Å². The molecule has 0 radical (unpaired) electrons. The van der Waals surface area contributed by atoms with E-state index in [0.29, 0.717) is 11.6 Å². The molecule has 0 bridgehead atoms. The highest BCUT2D eigenvalue weighted by Crippen LogP contribution is 2.25. The number of nitrogens with zero attached hydrogens (tertiary/aromatic N) is 3. The fourth-order valence-electron chi connectivity index (χ4n) is 2.73. The van der Waals surface area contributed by atoms with Crippen molar-refractivity contribution in [2.45, 2.75) is 31.8 Å². The minimum Gasteiger partial charge on any atom is -0.393 e. The lowest BCUT2D eigenvalue weighted by Gasteiger charge is -2.27. The highest BCUT2D eigenvalue weighted by molar-refractivity contribution is 5.83. The number of aromatic amines is 1. The molecule has 7 heteroatoms. The normalized spacial score (nSPS) is 22.9. The number of fused-ring (bicyclic) bond motifs is 1. The maximum absolute atomic E-state index is 10.0. The van der Waals surface area contributed by atoms with Crippen LogP contribution in [0, 0.1) is 5.92 Å². The van der Waals surface area contributed by atoms with Crippen molar-refractivity contribution < 1.29 is 5.11 Å². The van der Waals surface area contributed by atoms with Gasteiger partial charge >= 0.3 is 0 Å². The van der Waals surface area contributed by atoms with Gasteiger partial charge in [-0.1, -0.05) is 12.8 Å². The van der Waals surface area contributed by atoms with E-state index < -0.39 is 0 Å². The topological polar surface area (TPSA) is 98.8 Å². The molecule has 1 aliphatic rings. The third-order valence-electron chi connectivity index (χ3n) is 3.91. The lowest BCUT2D eigenvalue weighted by molar-refractivity contribution is 0.0763. The van der Waals surface area contributed by atoms with E-state index in [1.165, 1.54) is 6.42 Å². The first-order valence-electron chi connectivity index (χ1n) is 7.08. The van der Waals surface area contributed by atoms with Crippen LogP contribution >= 0.6 is 0 Å². The third kappa shape index (κ3) is 2.53. The van der Waals surface area contributed by atoms with Crippen LogP contribution in [0.1, 0.15) is 25.7 Å². The van der Waals surface area contributed by atoms with Crippen molar-refractivity contribution >= 4 is 22.9 Å². The summed E-state index contributed by atoms with van der Waals surface area (Å²) in [5.74, 6) is 1.56. The van der Waals surface area contributed by atoms with E-state index in [9.17, 15) is 5.11 Å². The average molecular weight is 276 g/mol. The molecule has 1 saturated carbocycles. The number of rotatable bonds is 4. The summed E-state index contributed by atoms with van der Waals surface area (Å²) in [5.41, 5.74) is 1.44. The monoisotopic (exact) mass is 276 g/mol. The molecule has 0 aliphatic heterocycles. The second-order valence-corrected chi connectivity index (χ2v) is 5.24. The van der Waals surface area contributed by atoms with Crippen LogP contribution in [-0.2, 0) is 0 Å². The molecule has 7 nitrogen and oxygen atoms in total.